The molecule has 32 heavy (non-hydrogen) atoms. The number of ether oxygens (including phenoxy) is 1. The van der Waals surface area contributed by atoms with Gasteiger partial charge in [-0.05, 0) is 60.2 Å². The highest BCUT2D eigenvalue weighted by Gasteiger charge is 2.22. The number of halogens is 3. The zero-order valence-corrected chi connectivity index (χ0v) is 17.6. The van der Waals surface area contributed by atoms with Crippen LogP contribution in [-0.4, -0.2) is 37.5 Å². The second-order valence-electron chi connectivity index (χ2n) is 6.85. The third-order valence-electron chi connectivity index (χ3n) is 4.54. The Morgan fingerprint density at radius 2 is 1.59 bits per heavy atom. The smallest absolute Gasteiger partial charge is 0.341 e. The molecule has 3 rings (SSSR count). The van der Waals surface area contributed by atoms with E-state index in [1.807, 2.05) is 0 Å². The van der Waals surface area contributed by atoms with Crippen LogP contribution < -0.4 is 4.74 Å². The Labute approximate surface area is 182 Å². The molecule has 0 aliphatic rings. The van der Waals surface area contributed by atoms with Crippen molar-refractivity contribution in [2.45, 2.75) is 11.4 Å². The number of sulfonamides is 1. The fraction of sp³-hybridized carbons (Fsp3) is 0.136. The highest BCUT2D eigenvalue weighted by molar-refractivity contribution is 7.89. The van der Waals surface area contributed by atoms with Crippen LogP contribution in [0, 0.1) is 17.5 Å². The Hall–Kier alpha value is -3.37. The summed E-state index contributed by atoms with van der Waals surface area (Å²) >= 11 is 0. The van der Waals surface area contributed by atoms with Crippen molar-refractivity contribution >= 4 is 16.0 Å². The Morgan fingerprint density at radius 1 is 0.938 bits per heavy atom. The normalized spacial score (nSPS) is 11.5. The zero-order chi connectivity index (χ0) is 23.5. The maximum Gasteiger partial charge on any atom is 0.341 e. The van der Waals surface area contributed by atoms with Crippen LogP contribution in [0.4, 0.5) is 13.2 Å². The standard InChI is InChI=1S/C22H18F3NO5S/c1-26(32(29,30)17-6-3-15(23)4-7-17)12-14-2-9-21(31-13-22(27)28)19(10-14)18-11-16(24)5-8-20(18)25/h2-11H,12-13H2,1H3,(H,27,28). The van der Waals surface area contributed by atoms with Crippen molar-refractivity contribution in [3.63, 3.8) is 0 Å². The van der Waals surface area contributed by atoms with Gasteiger partial charge < -0.3 is 9.84 Å². The molecule has 0 aliphatic heterocycles. The van der Waals surface area contributed by atoms with Crippen LogP contribution in [0.3, 0.4) is 0 Å². The number of carboxylic acids is 1. The van der Waals surface area contributed by atoms with E-state index in [4.69, 9.17) is 9.84 Å². The molecule has 0 aliphatic carbocycles. The number of hydrogen-bond acceptors (Lipinski definition) is 4. The minimum absolute atomic E-state index is 0.00954. The number of benzene rings is 3. The predicted octanol–water partition coefficient (Wildman–Crippen LogP) is 4.06. The molecule has 0 atom stereocenters. The van der Waals surface area contributed by atoms with Gasteiger partial charge in [-0.2, -0.15) is 4.31 Å². The Kier molecular flexibility index (Phi) is 6.85. The molecule has 0 radical (unpaired) electrons. The molecule has 0 saturated carbocycles. The number of aliphatic carboxylic acids is 1. The maximum absolute atomic E-state index is 14.4. The molecule has 0 fully saturated rings. The van der Waals surface area contributed by atoms with Crippen LogP contribution in [0.5, 0.6) is 5.75 Å². The van der Waals surface area contributed by atoms with Crippen molar-refractivity contribution in [2.75, 3.05) is 13.7 Å². The summed E-state index contributed by atoms with van der Waals surface area (Å²) in [6.45, 7) is -0.856. The summed E-state index contributed by atoms with van der Waals surface area (Å²) < 4.78 is 73.0. The first-order valence-corrected chi connectivity index (χ1v) is 10.7. The van der Waals surface area contributed by atoms with E-state index in [1.54, 1.807) is 0 Å². The molecule has 1 N–H and O–H groups in total. The number of nitrogens with zero attached hydrogens (tertiary/aromatic N) is 1. The summed E-state index contributed by atoms with van der Waals surface area (Å²) in [5.41, 5.74) is 0.295. The van der Waals surface area contributed by atoms with Gasteiger partial charge in [0.1, 0.15) is 23.2 Å². The lowest BCUT2D eigenvalue weighted by atomic mass is 10.0. The van der Waals surface area contributed by atoms with Gasteiger partial charge in [0.2, 0.25) is 10.0 Å². The first kappa shape index (κ1) is 23.3. The fourth-order valence-electron chi connectivity index (χ4n) is 2.98. The van der Waals surface area contributed by atoms with Gasteiger partial charge in [0.15, 0.2) is 6.61 Å². The van der Waals surface area contributed by atoms with Crippen LogP contribution >= 0.6 is 0 Å². The Morgan fingerprint density at radius 3 is 2.25 bits per heavy atom. The number of rotatable bonds is 8. The third-order valence-corrected chi connectivity index (χ3v) is 6.36. The highest BCUT2D eigenvalue weighted by Crippen LogP contribution is 2.34. The van der Waals surface area contributed by atoms with E-state index in [2.05, 4.69) is 0 Å². The van der Waals surface area contributed by atoms with Crippen molar-refractivity contribution in [2.24, 2.45) is 0 Å². The molecule has 0 unspecified atom stereocenters. The average Bonchev–Trinajstić information content (AvgIpc) is 2.74. The monoisotopic (exact) mass is 465 g/mol. The molecule has 6 nitrogen and oxygen atoms in total. The summed E-state index contributed by atoms with van der Waals surface area (Å²) in [6, 6.07) is 11.3. The molecule has 0 bridgehead atoms. The average molecular weight is 465 g/mol. The summed E-state index contributed by atoms with van der Waals surface area (Å²) in [6.07, 6.45) is 0. The van der Waals surface area contributed by atoms with E-state index in [1.165, 1.54) is 25.2 Å². The van der Waals surface area contributed by atoms with Gasteiger partial charge in [-0.15, -0.1) is 0 Å². The summed E-state index contributed by atoms with van der Waals surface area (Å²) in [4.78, 5) is 10.8. The van der Waals surface area contributed by atoms with Crippen molar-refractivity contribution in [1.82, 2.24) is 4.31 Å². The molecule has 3 aromatic rings. The van der Waals surface area contributed by atoms with Crippen LogP contribution in [0.25, 0.3) is 11.1 Å². The maximum atomic E-state index is 14.4. The lowest BCUT2D eigenvalue weighted by Crippen LogP contribution is -2.26. The summed E-state index contributed by atoms with van der Waals surface area (Å²) in [5, 5.41) is 8.87. The Balaban J connectivity index is 1.97. The summed E-state index contributed by atoms with van der Waals surface area (Å²) in [7, 11) is -2.64. The Bertz CT molecular complexity index is 1250. The van der Waals surface area contributed by atoms with E-state index >= 15 is 0 Å². The minimum atomic E-state index is -3.95. The molecular weight excluding hydrogens is 447 g/mol. The minimum Gasteiger partial charge on any atom is -0.481 e. The van der Waals surface area contributed by atoms with Gasteiger partial charge in [-0.1, -0.05) is 6.07 Å². The van der Waals surface area contributed by atoms with Crippen molar-refractivity contribution < 1.29 is 36.2 Å². The topological polar surface area (TPSA) is 83.9 Å². The summed E-state index contributed by atoms with van der Waals surface area (Å²) in [5.74, 6) is -3.33. The molecular formula is C22H18F3NO5S. The second-order valence-corrected chi connectivity index (χ2v) is 8.90. The lowest BCUT2D eigenvalue weighted by molar-refractivity contribution is -0.139. The first-order chi connectivity index (χ1) is 15.1. The molecule has 10 heteroatoms. The largest absolute Gasteiger partial charge is 0.481 e. The number of carbonyl (C=O) groups is 1. The van der Waals surface area contributed by atoms with Crippen LogP contribution in [0.1, 0.15) is 5.56 Å². The molecule has 0 amide bonds. The van der Waals surface area contributed by atoms with Gasteiger partial charge in [0.25, 0.3) is 0 Å². The molecule has 0 spiro atoms. The van der Waals surface area contributed by atoms with Crippen LogP contribution in [0.15, 0.2) is 65.6 Å². The van der Waals surface area contributed by atoms with Crippen molar-refractivity contribution in [1.29, 1.82) is 0 Å². The molecule has 3 aromatic carbocycles. The van der Waals surface area contributed by atoms with E-state index in [0.29, 0.717) is 5.56 Å². The van der Waals surface area contributed by atoms with Crippen LogP contribution in [0.2, 0.25) is 0 Å². The van der Waals surface area contributed by atoms with E-state index < -0.39 is 40.1 Å². The van der Waals surface area contributed by atoms with Crippen molar-refractivity contribution in [3.05, 3.63) is 83.7 Å². The van der Waals surface area contributed by atoms with E-state index in [0.717, 1.165) is 46.8 Å². The van der Waals surface area contributed by atoms with Gasteiger partial charge in [-0.25, -0.2) is 26.4 Å². The quantitative estimate of drug-likeness (QED) is 0.543. The van der Waals surface area contributed by atoms with Gasteiger partial charge in [0, 0.05) is 24.7 Å². The van der Waals surface area contributed by atoms with E-state index in [-0.39, 0.29) is 28.3 Å². The van der Waals surface area contributed by atoms with Gasteiger partial charge in [0.05, 0.1) is 4.90 Å². The number of hydrogen-bond donors (Lipinski definition) is 1. The SMILES string of the molecule is CN(Cc1ccc(OCC(=O)O)c(-c2cc(F)ccc2F)c1)S(=O)(=O)c1ccc(F)cc1. The van der Waals surface area contributed by atoms with E-state index in [9.17, 15) is 26.4 Å². The second kappa shape index (κ2) is 9.41. The van der Waals surface area contributed by atoms with Crippen molar-refractivity contribution in [3.8, 4) is 16.9 Å². The number of carboxylic acid groups (broad SMARTS) is 1. The molecule has 0 heterocycles. The molecule has 168 valence electrons. The van der Waals surface area contributed by atoms with Crippen LogP contribution in [-0.2, 0) is 21.4 Å². The predicted molar refractivity (Wildman–Crippen MR) is 110 cm³/mol. The molecule has 0 aromatic heterocycles. The lowest BCUT2D eigenvalue weighted by Gasteiger charge is -2.19. The molecule has 0 saturated heterocycles. The van der Waals surface area contributed by atoms with Gasteiger partial charge >= 0.3 is 5.97 Å². The highest BCUT2D eigenvalue weighted by atomic mass is 32.2. The van der Waals surface area contributed by atoms with Gasteiger partial charge in [-0.3, -0.25) is 0 Å². The third kappa shape index (κ3) is 5.27. The first-order valence-electron chi connectivity index (χ1n) is 9.23. The zero-order valence-electron chi connectivity index (χ0n) is 16.8. The fourth-order valence-corrected chi connectivity index (χ4v) is 4.14.